The summed E-state index contributed by atoms with van der Waals surface area (Å²) in [6.45, 7) is -0.175. The van der Waals surface area contributed by atoms with Gasteiger partial charge in [0.15, 0.2) is 0 Å². The molecule has 0 bridgehead atoms. The van der Waals surface area contributed by atoms with Gasteiger partial charge in [-0.2, -0.15) is 17.0 Å². The van der Waals surface area contributed by atoms with E-state index < -0.39 is 22.8 Å². The Kier molecular flexibility index (Phi) is 7.99. The first-order valence-electron chi connectivity index (χ1n) is 8.33. The Balaban J connectivity index is 2.04. The lowest BCUT2D eigenvalue weighted by atomic mass is 10.2. The Hall–Kier alpha value is -3.38. The fourth-order valence-corrected chi connectivity index (χ4v) is 3.41. The molecule has 0 saturated heterocycles. The maximum absolute atomic E-state index is 12.4. The molecule has 0 radical (unpaired) electrons. The number of rotatable bonds is 9. The van der Waals surface area contributed by atoms with E-state index >= 15 is 0 Å². The standard InChI is InChI=1S/C19H18N4O4S/c20-10-11-21-19(25)16(22-18(24)14-6-2-1-3-7-14)13-28-12-15-8-4-5-9-17(15)23(26)27/h1-9,16H,11-13H2,(H,21,25)(H,22,24). The van der Waals surface area contributed by atoms with Crippen molar-refractivity contribution in [3.63, 3.8) is 0 Å². The minimum absolute atomic E-state index is 0.00815. The summed E-state index contributed by atoms with van der Waals surface area (Å²) < 4.78 is 0. The molecule has 0 aliphatic rings. The predicted octanol–water partition coefficient (Wildman–Crippen LogP) is 2.27. The van der Waals surface area contributed by atoms with E-state index in [1.165, 1.54) is 17.8 Å². The van der Waals surface area contributed by atoms with Crippen molar-refractivity contribution in [2.75, 3.05) is 12.3 Å². The zero-order valence-electron chi connectivity index (χ0n) is 14.8. The summed E-state index contributed by atoms with van der Waals surface area (Å²) in [4.78, 5) is 35.3. The van der Waals surface area contributed by atoms with Crippen LogP contribution in [0.25, 0.3) is 0 Å². The number of hydrogen-bond donors (Lipinski definition) is 2. The topological polar surface area (TPSA) is 125 Å². The smallest absolute Gasteiger partial charge is 0.273 e. The number of nitro groups is 1. The van der Waals surface area contributed by atoms with E-state index in [1.807, 2.05) is 6.07 Å². The highest BCUT2D eigenvalue weighted by Crippen LogP contribution is 2.23. The second kappa shape index (κ2) is 10.7. The molecule has 1 atom stereocenters. The lowest BCUT2D eigenvalue weighted by Crippen LogP contribution is -2.48. The first-order valence-corrected chi connectivity index (χ1v) is 9.49. The first kappa shape index (κ1) is 20.9. The molecule has 0 spiro atoms. The molecule has 9 heteroatoms. The third-order valence-corrected chi connectivity index (χ3v) is 4.81. The van der Waals surface area contributed by atoms with Crippen molar-refractivity contribution >= 4 is 29.3 Å². The van der Waals surface area contributed by atoms with E-state index in [4.69, 9.17) is 5.26 Å². The Morgan fingerprint density at radius 3 is 2.50 bits per heavy atom. The maximum atomic E-state index is 12.4. The molecule has 28 heavy (non-hydrogen) atoms. The van der Waals surface area contributed by atoms with Crippen molar-refractivity contribution in [1.29, 1.82) is 5.26 Å². The number of nitriles is 1. The predicted molar refractivity (Wildman–Crippen MR) is 106 cm³/mol. The van der Waals surface area contributed by atoms with Gasteiger partial charge in [0.2, 0.25) is 5.91 Å². The second-order valence-corrected chi connectivity index (χ2v) is 6.70. The molecule has 0 aliphatic carbocycles. The number of nitrogens with zero attached hydrogens (tertiary/aromatic N) is 2. The third-order valence-electron chi connectivity index (χ3n) is 3.73. The molecule has 0 fully saturated rings. The van der Waals surface area contributed by atoms with E-state index in [2.05, 4.69) is 10.6 Å². The SMILES string of the molecule is N#CCNC(=O)C(CSCc1ccccc1[N+](=O)[O-])NC(=O)c1ccccc1. The number of nitro benzene ring substituents is 1. The van der Waals surface area contributed by atoms with Gasteiger partial charge in [0.05, 0.1) is 11.0 Å². The van der Waals surface area contributed by atoms with Gasteiger partial charge in [-0.3, -0.25) is 19.7 Å². The van der Waals surface area contributed by atoms with Gasteiger partial charge in [-0.05, 0) is 12.1 Å². The summed E-state index contributed by atoms with van der Waals surface area (Å²) in [5, 5.41) is 24.8. The van der Waals surface area contributed by atoms with Crippen molar-refractivity contribution in [3.05, 3.63) is 75.8 Å². The summed E-state index contributed by atoms with van der Waals surface area (Å²) in [6, 6.07) is 15.7. The molecule has 0 saturated carbocycles. The molecule has 2 N–H and O–H groups in total. The van der Waals surface area contributed by atoms with Crippen LogP contribution in [0.1, 0.15) is 15.9 Å². The van der Waals surface area contributed by atoms with Crippen LogP contribution in [-0.2, 0) is 10.5 Å². The van der Waals surface area contributed by atoms with Gasteiger partial charge in [0.25, 0.3) is 11.6 Å². The van der Waals surface area contributed by atoms with Crippen molar-refractivity contribution in [3.8, 4) is 6.07 Å². The average Bonchev–Trinajstić information content (AvgIpc) is 2.72. The summed E-state index contributed by atoms with van der Waals surface area (Å²) in [5.41, 5.74) is 0.946. The zero-order valence-corrected chi connectivity index (χ0v) is 15.6. The molecule has 2 aromatic rings. The molecular weight excluding hydrogens is 380 g/mol. The number of benzene rings is 2. The van der Waals surface area contributed by atoms with E-state index in [9.17, 15) is 19.7 Å². The first-order chi connectivity index (χ1) is 13.5. The molecule has 2 amide bonds. The summed E-state index contributed by atoms with van der Waals surface area (Å²) in [7, 11) is 0. The van der Waals surface area contributed by atoms with E-state index in [0.29, 0.717) is 16.9 Å². The monoisotopic (exact) mass is 398 g/mol. The van der Waals surface area contributed by atoms with Crippen molar-refractivity contribution in [2.45, 2.75) is 11.8 Å². The highest BCUT2D eigenvalue weighted by molar-refractivity contribution is 7.98. The molecule has 144 valence electrons. The largest absolute Gasteiger partial charge is 0.341 e. The molecule has 2 aromatic carbocycles. The normalized spacial score (nSPS) is 11.1. The molecule has 0 heterocycles. The summed E-state index contributed by atoms with van der Waals surface area (Å²) in [6.07, 6.45) is 0. The highest BCUT2D eigenvalue weighted by Gasteiger charge is 2.22. The van der Waals surface area contributed by atoms with Crippen LogP contribution in [0.2, 0.25) is 0 Å². The highest BCUT2D eigenvalue weighted by atomic mass is 32.2. The molecule has 1 unspecified atom stereocenters. The van der Waals surface area contributed by atoms with Crippen LogP contribution in [0.5, 0.6) is 0 Å². The van der Waals surface area contributed by atoms with Gasteiger partial charge >= 0.3 is 0 Å². The fourth-order valence-electron chi connectivity index (χ4n) is 2.36. The third kappa shape index (κ3) is 6.10. The maximum Gasteiger partial charge on any atom is 0.273 e. The van der Waals surface area contributed by atoms with Gasteiger partial charge in [-0.15, -0.1) is 0 Å². The molecule has 0 aliphatic heterocycles. The number of carbonyl (C=O) groups is 2. The van der Waals surface area contributed by atoms with E-state index in [0.717, 1.165) is 0 Å². The van der Waals surface area contributed by atoms with Crippen LogP contribution in [0.3, 0.4) is 0 Å². The van der Waals surface area contributed by atoms with Crippen LogP contribution in [0.4, 0.5) is 5.69 Å². The van der Waals surface area contributed by atoms with Crippen LogP contribution in [-0.4, -0.2) is 35.1 Å². The van der Waals surface area contributed by atoms with Crippen molar-refractivity contribution in [1.82, 2.24) is 10.6 Å². The number of amides is 2. The van der Waals surface area contributed by atoms with E-state index in [-0.39, 0.29) is 18.0 Å². The van der Waals surface area contributed by atoms with E-state index in [1.54, 1.807) is 48.5 Å². The molecular formula is C19H18N4O4S. The van der Waals surface area contributed by atoms with Crippen LogP contribution in [0.15, 0.2) is 54.6 Å². The lowest BCUT2D eigenvalue weighted by Gasteiger charge is -2.17. The average molecular weight is 398 g/mol. The Bertz CT molecular complexity index is 883. The van der Waals surface area contributed by atoms with Gasteiger partial charge in [0, 0.05) is 28.7 Å². The number of nitrogens with one attached hydrogen (secondary N) is 2. The number of carbonyl (C=O) groups excluding carboxylic acids is 2. The van der Waals surface area contributed by atoms with Gasteiger partial charge in [-0.1, -0.05) is 36.4 Å². The van der Waals surface area contributed by atoms with Crippen LogP contribution < -0.4 is 10.6 Å². The summed E-state index contributed by atoms with van der Waals surface area (Å²) in [5.74, 6) is -0.396. The quantitative estimate of drug-likeness (QED) is 0.379. The Morgan fingerprint density at radius 1 is 1.14 bits per heavy atom. The number of hydrogen-bond acceptors (Lipinski definition) is 6. The van der Waals surface area contributed by atoms with Crippen molar-refractivity contribution < 1.29 is 14.5 Å². The van der Waals surface area contributed by atoms with Gasteiger partial charge in [-0.25, -0.2) is 0 Å². The molecule has 0 aromatic heterocycles. The Labute approximate surface area is 166 Å². The lowest BCUT2D eigenvalue weighted by molar-refractivity contribution is -0.385. The van der Waals surface area contributed by atoms with Crippen LogP contribution in [0, 0.1) is 21.4 Å². The zero-order chi connectivity index (χ0) is 20.4. The summed E-state index contributed by atoms with van der Waals surface area (Å²) >= 11 is 1.28. The number of thioether (sulfide) groups is 1. The second-order valence-electron chi connectivity index (χ2n) is 5.67. The minimum Gasteiger partial charge on any atom is -0.341 e. The minimum atomic E-state index is -0.881. The van der Waals surface area contributed by atoms with Gasteiger partial charge in [0.1, 0.15) is 12.6 Å². The van der Waals surface area contributed by atoms with Crippen LogP contribution >= 0.6 is 11.8 Å². The molecule has 2 rings (SSSR count). The Morgan fingerprint density at radius 2 is 1.82 bits per heavy atom. The van der Waals surface area contributed by atoms with Crippen molar-refractivity contribution in [2.24, 2.45) is 0 Å². The molecule has 8 nitrogen and oxygen atoms in total. The van der Waals surface area contributed by atoms with Gasteiger partial charge < -0.3 is 10.6 Å². The number of para-hydroxylation sites is 1. The fraction of sp³-hybridized carbons (Fsp3) is 0.211.